The molecule has 0 aromatic carbocycles. The fraction of sp³-hybridized carbons (Fsp3) is 0.444. The van der Waals surface area contributed by atoms with Crippen molar-refractivity contribution in [2.75, 3.05) is 20.8 Å². The molecule has 0 aliphatic rings. The van der Waals surface area contributed by atoms with Crippen LogP contribution < -0.4 is 0 Å². The van der Waals surface area contributed by atoms with Crippen LogP contribution in [0.2, 0.25) is 0 Å². The second-order valence-corrected chi connectivity index (χ2v) is 3.25. The van der Waals surface area contributed by atoms with Gasteiger partial charge in [-0.05, 0) is 0 Å². The number of nitrogens with zero attached hydrogens (tertiary/aromatic N) is 4. The second kappa shape index (κ2) is 6.44. The quantitative estimate of drug-likeness (QED) is 0.291. The number of ether oxygens (including phenoxy) is 2. The molecule has 0 unspecified atom stereocenters. The topological polar surface area (TPSA) is 136 Å². The number of aliphatic hydroxyl groups is 1. The molecule has 104 valence electrons. The lowest BCUT2D eigenvalue weighted by molar-refractivity contribution is 0.0544. The molecule has 0 radical (unpaired) electrons. The molecule has 1 rings (SSSR count). The van der Waals surface area contributed by atoms with Crippen LogP contribution in [0.5, 0.6) is 0 Å². The largest absolute Gasteiger partial charge is 0.464 e. The summed E-state index contributed by atoms with van der Waals surface area (Å²) in [5, 5.41) is 27.3. The zero-order valence-corrected chi connectivity index (χ0v) is 10.2. The number of methoxy groups -OCH3 is 2. The summed E-state index contributed by atoms with van der Waals surface area (Å²) < 4.78 is 9.92. The summed E-state index contributed by atoms with van der Waals surface area (Å²) in [5.74, 6) is -1.72. The van der Waals surface area contributed by atoms with Crippen LogP contribution in [0.15, 0.2) is 5.16 Å². The third-order valence-electron chi connectivity index (χ3n) is 2.15. The van der Waals surface area contributed by atoms with Gasteiger partial charge < -0.3 is 19.8 Å². The molecule has 10 heteroatoms. The molecule has 0 spiro atoms. The SMILES string of the molecule is COC(=O)c1nnn(C/C(CO)=N\O)c1C(=O)OC. The van der Waals surface area contributed by atoms with Crippen molar-refractivity contribution in [1.82, 2.24) is 15.0 Å². The van der Waals surface area contributed by atoms with Gasteiger partial charge in [-0.25, -0.2) is 14.3 Å². The van der Waals surface area contributed by atoms with E-state index in [-0.39, 0.29) is 23.6 Å². The second-order valence-electron chi connectivity index (χ2n) is 3.25. The average Bonchev–Trinajstić information content (AvgIpc) is 2.86. The van der Waals surface area contributed by atoms with Gasteiger partial charge in [-0.15, -0.1) is 5.10 Å². The van der Waals surface area contributed by atoms with Gasteiger partial charge in [-0.1, -0.05) is 10.4 Å². The highest BCUT2D eigenvalue weighted by Gasteiger charge is 2.27. The molecule has 19 heavy (non-hydrogen) atoms. The van der Waals surface area contributed by atoms with Crippen LogP contribution in [0.4, 0.5) is 0 Å². The minimum absolute atomic E-state index is 0.0773. The van der Waals surface area contributed by atoms with E-state index in [2.05, 4.69) is 24.9 Å². The number of aromatic nitrogens is 3. The van der Waals surface area contributed by atoms with Crippen molar-refractivity contribution in [1.29, 1.82) is 0 Å². The molecular weight excluding hydrogens is 260 g/mol. The van der Waals surface area contributed by atoms with E-state index in [1.54, 1.807) is 0 Å². The van der Waals surface area contributed by atoms with Gasteiger partial charge in [0.05, 0.1) is 27.4 Å². The Bertz CT molecular complexity index is 509. The first-order chi connectivity index (χ1) is 9.08. The van der Waals surface area contributed by atoms with E-state index < -0.39 is 18.5 Å². The van der Waals surface area contributed by atoms with Crippen LogP contribution >= 0.6 is 0 Å². The molecule has 1 aromatic heterocycles. The van der Waals surface area contributed by atoms with Crippen molar-refractivity contribution in [2.24, 2.45) is 5.16 Å². The zero-order valence-electron chi connectivity index (χ0n) is 10.2. The van der Waals surface area contributed by atoms with Gasteiger partial charge in [0, 0.05) is 0 Å². The van der Waals surface area contributed by atoms with Crippen molar-refractivity contribution in [2.45, 2.75) is 6.54 Å². The van der Waals surface area contributed by atoms with E-state index in [4.69, 9.17) is 10.3 Å². The predicted octanol–water partition coefficient (Wildman–Crippen LogP) is -1.33. The number of rotatable bonds is 5. The predicted molar refractivity (Wildman–Crippen MR) is 59.0 cm³/mol. The standard InChI is InChI=1S/C9H12N4O6/c1-18-8(15)6-7(9(16)19-2)13(12-10-6)3-5(4-14)11-17/h14,17H,3-4H2,1-2H3/b11-5+. The number of hydrogen-bond acceptors (Lipinski definition) is 9. The third kappa shape index (κ3) is 3.04. The van der Waals surface area contributed by atoms with Crippen molar-refractivity contribution in [3.63, 3.8) is 0 Å². The normalized spacial score (nSPS) is 11.2. The maximum Gasteiger partial charge on any atom is 0.361 e. The van der Waals surface area contributed by atoms with Crippen LogP contribution in [0.25, 0.3) is 0 Å². The van der Waals surface area contributed by atoms with Crippen LogP contribution in [0.1, 0.15) is 21.0 Å². The highest BCUT2D eigenvalue weighted by atomic mass is 16.5. The average molecular weight is 272 g/mol. The molecule has 0 atom stereocenters. The first kappa shape index (κ1) is 14.6. The van der Waals surface area contributed by atoms with Gasteiger partial charge in [0.15, 0.2) is 5.69 Å². The molecule has 0 amide bonds. The van der Waals surface area contributed by atoms with Crippen LogP contribution in [-0.2, 0) is 16.0 Å². The van der Waals surface area contributed by atoms with Gasteiger partial charge >= 0.3 is 11.9 Å². The summed E-state index contributed by atoms with van der Waals surface area (Å²) in [6, 6.07) is 0. The molecular formula is C9H12N4O6. The Morgan fingerprint density at radius 3 is 2.42 bits per heavy atom. The molecule has 0 bridgehead atoms. The smallest absolute Gasteiger partial charge is 0.361 e. The molecule has 0 aliphatic heterocycles. The van der Waals surface area contributed by atoms with Gasteiger partial charge in [-0.3, -0.25) is 0 Å². The molecule has 0 fully saturated rings. The Balaban J connectivity index is 3.22. The first-order valence-electron chi connectivity index (χ1n) is 4.99. The molecule has 0 saturated heterocycles. The summed E-state index contributed by atoms with van der Waals surface area (Å²) in [7, 11) is 2.24. The first-order valence-corrected chi connectivity index (χ1v) is 4.99. The minimum atomic E-state index is -0.863. The lowest BCUT2D eigenvalue weighted by atomic mass is 10.3. The number of carbonyl (C=O) groups is 2. The number of oxime groups is 1. The number of esters is 2. The van der Waals surface area contributed by atoms with E-state index in [9.17, 15) is 9.59 Å². The monoisotopic (exact) mass is 272 g/mol. The van der Waals surface area contributed by atoms with Crippen LogP contribution in [0.3, 0.4) is 0 Å². The van der Waals surface area contributed by atoms with Crippen molar-refractivity contribution in [3.8, 4) is 0 Å². The molecule has 2 N–H and O–H groups in total. The van der Waals surface area contributed by atoms with Gasteiger partial charge in [0.25, 0.3) is 0 Å². The molecule has 0 saturated carbocycles. The molecule has 1 aromatic rings. The molecule has 1 heterocycles. The fourth-order valence-electron chi connectivity index (χ4n) is 1.24. The fourth-order valence-corrected chi connectivity index (χ4v) is 1.24. The van der Waals surface area contributed by atoms with Crippen molar-refractivity contribution >= 4 is 17.7 Å². The van der Waals surface area contributed by atoms with E-state index in [1.165, 1.54) is 0 Å². The highest BCUT2D eigenvalue weighted by Crippen LogP contribution is 2.09. The Hall–Kier alpha value is -2.49. The van der Waals surface area contributed by atoms with Crippen LogP contribution in [0, 0.1) is 0 Å². The van der Waals surface area contributed by atoms with Gasteiger partial charge in [0.1, 0.15) is 5.71 Å². The third-order valence-corrected chi connectivity index (χ3v) is 2.15. The number of hydrogen-bond donors (Lipinski definition) is 2. The number of aliphatic hydroxyl groups excluding tert-OH is 1. The maximum absolute atomic E-state index is 11.6. The summed E-state index contributed by atoms with van der Waals surface area (Å²) in [4.78, 5) is 23.0. The van der Waals surface area contributed by atoms with Gasteiger partial charge in [-0.2, -0.15) is 0 Å². The molecule has 10 nitrogen and oxygen atoms in total. The molecule has 0 aliphatic carbocycles. The number of carbonyl (C=O) groups excluding carboxylic acids is 2. The lowest BCUT2D eigenvalue weighted by Gasteiger charge is -2.05. The lowest BCUT2D eigenvalue weighted by Crippen LogP contribution is -2.21. The Morgan fingerprint density at radius 1 is 1.32 bits per heavy atom. The summed E-state index contributed by atoms with van der Waals surface area (Å²) in [6.45, 7) is -0.786. The Kier molecular flexibility index (Phi) is 4.94. The Labute approximate surface area is 107 Å². The summed E-state index contributed by atoms with van der Waals surface area (Å²) >= 11 is 0. The Morgan fingerprint density at radius 2 is 1.95 bits per heavy atom. The van der Waals surface area contributed by atoms with E-state index in [0.717, 1.165) is 18.9 Å². The van der Waals surface area contributed by atoms with Crippen LogP contribution in [-0.4, -0.2) is 63.8 Å². The van der Waals surface area contributed by atoms with Crippen molar-refractivity contribution < 1.29 is 29.4 Å². The highest BCUT2D eigenvalue weighted by molar-refractivity contribution is 6.00. The van der Waals surface area contributed by atoms with Gasteiger partial charge in [0.2, 0.25) is 5.69 Å². The van der Waals surface area contributed by atoms with Crippen molar-refractivity contribution in [3.05, 3.63) is 11.4 Å². The maximum atomic E-state index is 11.6. The summed E-state index contributed by atoms with van der Waals surface area (Å²) in [6.07, 6.45) is 0. The minimum Gasteiger partial charge on any atom is -0.464 e. The van der Waals surface area contributed by atoms with E-state index >= 15 is 0 Å². The van der Waals surface area contributed by atoms with E-state index in [1.807, 2.05) is 0 Å². The summed E-state index contributed by atoms with van der Waals surface area (Å²) in [5.41, 5.74) is -0.667. The van der Waals surface area contributed by atoms with E-state index in [0.29, 0.717) is 0 Å². The zero-order chi connectivity index (χ0) is 14.4.